The minimum absolute atomic E-state index is 0. The molecule has 2 heterocycles. The van der Waals surface area contributed by atoms with E-state index in [4.69, 9.17) is 0 Å². The third-order valence-electron chi connectivity index (χ3n) is 3.41. The van der Waals surface area contributed by atoms with E-state index in [-0.39, 0.29) is 36.1 Å². The highest BCUT2D eigenvalue weighted by molar-refractivity contribution is 6.06. The highest BCUT2D eigenvalue weighted by Crippen LogP contribution is 2.31. The lowest BCUT2D eigenvalue weighted by molar-refractivity contribution is -0.137. The third-order valence-corrected chi connectivity index (χ3v) is 3.41. The molecule has 136 valence electrons. The Morgan fingerprint density at radius 2 is 1.62 bits per heavy atom. The standard InChI is InChI=1S/C18H11F3N2O.2ClH/c19-18(20,21)14-3-1-12-2-4-15(23-16(12)11-14)5-6-17(24)13-7-9-22-10-8-13;;/h1-11H;2*1H/b6-5+;;. The summed E-state index contributed by atoms with van der Waals surface area (Å²) < 4.78 is 38.3. The van der Waals surface area contributed by atoms with E-state index in [0.717, 1.165) is 12.1 Å². The third kappa shape index (κ3) is 5.03. The van der Waals surface area contributed by atoms with Crippen LogP contribution in [0, 0.1) is 0 Å². The minimum atomic E-state index is -4.42. The Labute approximate surface area is 159 Å². The number of carbonyl (C=O) groups excluding carboxylic acids is 1. The van der Waals surface area contributed by atoms with Gasteiger partial charge in [-0.15, -0.1) is 24.8 Å². The normalized spacial score (nSPS) is 11.0. The summed E-state index contributed by atoms with van der Waals surface area (Å²) >= 11 is 0. The fourth-order valence-corrected chi connectivity index (χ4v) is 2.18. The number of allylic oxidation sites excluding steroid dienone is 1. The molecule has 0 unspecified atom stereocenters. The van der Waals surface area contributed by atoms with Gasteiger partial charge in [0.25, 0.3) is 0 Å². The molecule has 1 aromatic carbocycles. The van der Waals surface area contributed by atoms with Crippen molar-refractivity contribution in [2.75, 3.05) is 0 Å². The average Bonchev–Trinajstić information content (AvgIpc) is 2.59. The summed E-state index contributed by atoms with van der Waals surface area (Å²) in [4.78, 5) is 20.0. The second-order valence-corrected chi connectivity index (χ2v) is 5.07. The van der Waals surface area contributed by atoms with Crippen LogP contribution in [0.1, 0.15) is 21.6 Å². The van der Waals surface area contributed by atoms with Crippen LogP contribution in [-0.4, -0.2) is 15.8 Å². The largest absolute Gasteiger partial charge is 0.416 e. The van der Waals surface area contributed by atoms with Gasteiger partial charge in [0.05, 0.1) is 16.8 Å². The number of carbonyl (C=O) groups is 1. The number of aromatic nitrogens is 2. The van der Waals surface area contributed by atoms with Crippen LogP contribution in [0.5, 0.6) is 0 Å². The first-order valence-corrected chi connectivity index (χ1v) is 7.04. The number of fused-ring (bicyclic) bond motifs is 1. The first-order chi connectivity index (χ1) is 11.4. The number of nitrogens with zero attached hydrogens (tertiary/aromatic N) is 2. The van der Waals surface area contributed by atoms with Gasteiger partial charge in [-0.1, -0.05) is 12.1 Å². The summed E-state index contributed by atoms with van der Waals surface area (Å²) in [6, 6.07) is 9.86. The predicted octanol–water partition coefficient (Wildman–Crippen LogP) is 5.39. The van der Waals surface area contributed by atoms with Crippen molar-refractivity contribution in [2.24, 2.45) is 0 Å². The van der Waals surface area contributed by atoms with Crippen molar-refractivity contribution in [3.8, 4) is 0 Å². The molecule has 0 N–H and O–H groups in total. The molecule has 0 saturated carbocycles. The predicted molar refractivity (Wildman–Crippen MR) is 98.8 cm³/mol. The van der Waals surface area contributed by atoms with E-state index in [1.165, 1.54) is 30.6 Å². The van der Waals surface area contributed by atoms with Crippen LogP contribution in [0.4, 0.5) is 13.2 Å². The molecule has 0 aliphatic rings. The van der Waals surface area contributed by atoms with E-state index in [1.807, 2.05) is 0 Å². The van der Waals surface area contributed by atoms with Crippen molar-refractivity contribution in [1.29, 1.82) is 0 Å². The van der Waals surface area contributed by atoms with Crippen molar-refractivity contribution in [3.63, 3.8) is 0 Å². The second kappa shape index (κ2) is 8.78. The number of rotatable bonds is 3. The van der Waals surface area contributed by atoms with Gasteiger partial charge in [-0.05, 0) is 42.5 Å². The van der Waals surface area contributed by atoms with Crippen molar-refractivity contribution >= 4 is 47.6 Å². The molecule has 0 radical (unpaired) electrons. The lowest BCUT2D eigenvalue weighted by atomic mass is 10.1. The zero-order chi connectivity index (χ0) is 17.2. The average molecular weight is 401 g/mol. The molecule has 2 aromatic heterocycles. The van der Waals surface area contributed by atoms with Gasteiger partial charge in [0.2, 0.25) is 0 Å². The van der Waals surface area contributed by atoms with Crippen molar-refractivity contribution < 1.29 is 18.0 Å². The number of ketones is 1. The molecule has 3 nitrogen and oxygen atoms in total. The number of alkyl halides is 3. The highest BCUT2D eigenvalue weighted by Gasteiger charge is 2.30. The first-order valence-electron chi connectivity index (χ1n) is 7.04. The molecule has 0 saturated heterocycles. The summed E-state index contributed by atoms with van der Waals surface area (Å²) in [6.07, 6.45) is 1.40. The summed E-state index contributed by atoms with van der Waals surface area (Å²) in [5.74, 6) is -0.233. The molecule has 0 aliphatic heterocycles. The zero-order valence-corrected chi connectivity index (χ0v) is 14.7. The van der Waals surface area contributed by atoms with Crippen LogP contribution in [0.3, 0.4) is 0 Å². The number of hydrogen-bond acceptors (Lipinski definition) is 3. The van der Waals surface area contributed by atoms with E-state index < -0.39 is 11.7 Å². The van der Waals surface area contributed by atoms with Crippen LogP contribution < -0.4 is 0 Å². The zero-order valence-electron chi connectivity index (χ0n) is 13.1. The maximum absolute atomic E-state index is 12.8. The van der Waals surface area contributed by atoms with Gasteiger partial charge in [0.15, 0.2) is 5.78 Å². The SMILES string of the molecule is Cl.Cl.O=C(/C=C/c1ccc2ccc(C(F)(F)F)cc2n1)c1ccncc1. The molecule has 3 rings (SSSR count). The number of halogens is 5. The van der Waals surface area contributed by atoms with Gasteiger partial charge < -0.3 is 0 Å². The number of hydrogen-bond donors (Lipinski definition) is 0. The maximum atomic E-state index is 12.8. The summed E-state index contributed by atoms with van der Waals surface area (Å²) in [6.45, 7) is 0. The summed E-state index contributed by atoms with van der Waals surface area (Å²) in [7, 11) is 0. The van der Waals surface area contributed by atoms with Crippen molar-refractivity contribution in [1.82, 2.24) is 9.97 Å². The smallest absolute Gasteiger partial charge is 0.289 e. The Kier molecular flexibility index (Phi) is 7.29. The lowest BCUT2D eigenvalue weighted by Gasteiger charge is -2.07. The van der Waals surface area contributed by atoms with E-state index in [9.17, 15) is 18.0 Å². The van der Waals surface area contributed by atoms with Gasteiger partial charge >= 0.3 is 6.18 Å². The number of benzene rings is 1. The van der Waals surface area contributed by atoms with Crippen LogP contribution in [-0.2, 0) is 6.18 Å². The Morgan fingerprint density at radius 1 is 0.962 bits per heavy atom. The minimum Gasteiger partial charge on any atom is -0.289 e. The number of pyridine rings is 2. The van der Waals surface area contributed by atoms with Crippen LogP contribution in [0.2, 0.25) is 0 Å². The lowest BCUT2D eigenvalue weighted by Crippen LogP contribution is -2.04. The molecular weight excluding hydrogens is 388 g/mol. The van der Waals surface area contributed by atoms with Gasteiger partial charge in [-0.25, -0.2) is 4.98 Å². The first kappa shape index (κ1) is 21.6. The summed E-state index contributed by atoms with van der Waals surface area (Å²) in [5, 5.41) is 0.598. The van der Waals surface area contributed by atoms with Gasteiger partial charge in [0.1, 0.15) is 0 Å². The Morgan fingerprint density at radius 3 is 2.27 bits per heavy atom. The molecule has 8 heteroatoms. The van der Waals surface area contributed by atoms with Crippen molar-refractivity contribution in [3.05, 3.63) is 77.8 Å². The van der Waals surface area contributed by atoms with Gasteiger partial charge in [-0.3, -0.25) is 9.78 Å². The molecule has 26 heavy (non-hydrogen) atoms. The second-order valence-electron chi connectivity index (χ2n) is 5.07. The van der Waals surface area contributed by atoms with Crippen LogP contribution in [0.15, 0.2) is 60.9 Å². The van der Waals surface area contributed by atoms with E-state index in [1.54, 1.807) is 24.3 Å². The fraction of sp³-hybridized carbons (Fsp3) is 0.0556. The van der Waals surface area contributed by atoms with Crippen LogP contribution in [0.25, 0.3) is 17.0 Å². The van der Waals surface area contributed by atoms with E-state index in [2.05, 4.69) is 9.97 Å². The molecule has 0 aliphatic carbocycles. The Balaban J connectivity index is 0.00000169. The highest BCUT2D eigenvalue weighted by atomic mass is 35.5. The topological polar surface area (TPSA) is 42.9 Å². The monoisotopic (exact) mass is 400 g/mol. The Bertz CT molecular complexity index is 929. The molecule has 0 bridgehead atoms. The van der Waals surface area contributed by atoms with E-state index >= 15 is 0 Å². The maximum Gasteiger partial charge on any atom is 0.416 e. The summed E-state index contributed by atoms with van der Waals surface area (Å²) in [5.41, 5.74) is 0.352. The molecular formula is C18H13Cl2F3N2O. The van der Waals surface area contributed by atoms with Crippen LogP contribution >= 0.6 is 24.8 Å². The molecule has 0 amide bonds. The fourth-order valence-electron chi connectivity index (χ4n) is 2.18. The van der Waals surface area contributed by atoms with E-state index in [0.29, 0.717) is 16.6 Å². The van der Waals surface area contributed by atoms with Gasteiger partial charge in [-0.2, -0.15) is 13.2 Å². The molecule has 0 spiro atoms. The van der Waals surface area contributed by atoms with Crippen molar-refractivity contribution in [2.45, 2.75) is 6.18 Å². The Hall–Kier alpha value is -2.44. The quantitative estimate of drug-likeness (QED) is 0.437. The molecule has 0 fully saturated rings. The molecule has 0 atom stereocenters. The molecule has 3 aromatic rings. The van der Waals surface area contributed by atoms with Gasteiger partial charge in [0, 0.05) is 23.3 Å².